The lowest BCUT2D eigenvalue weighted by Crippen LogP contribution is -2.51. The van der Waals surface area contributed by atoms with Crippen LogP contribution in [0.15, 0.2) is 83.8 Å². The molecular formula is C28H33N3O5S. The summed E-state index contributed by atoms with van der Waals surface area (Å²) < 4.78 is 34.2. The summed E-state index contributed by atoms with van der Waals surface area (Å²) in [5, 5.41) is 2.62. The van der Waals surface area contributed by atoms with Crippen LogP contribution in [0, 0.1) is 6.92 Å². The van der Waals surface area contributed by atoms with Crippen molar-refractivity contribution in [2.24, 2.45) is 0 Å². The molecule has 0 fully saturated rings. The number of hydrogen-bond acceptors (Lipinski definition) is 5. The zero-order valence-electron chi connectivity index (χ0n) is 21.5. The summed E-state index contributed by atoms with van der Waals surface area (Å²) in [5.74, 6) is -0.531. The van der Waals surface area contributed by atoms with Crippen LogP contribution in [-0.2, 0) is 26.2 Å². The van der Waals surface area contributed by atoms with Crippen molar-refractivity contribution < 1.29 is 22.7 Å². The highest BCUT2D eigenvalue weighted by atomic mass is 32.2. The molecule has 0 unspecified atom stereocenters. The Morgan fingerprint density at radius 1 is 0.946 bits per heavy atom. The van der Waals surface area contributed by atoms with Crippen molar-refractivity contribution in [3.63, 3.8) is 0 Å². The molecule has 0 bridgehead atoms. The number of para-hydroxylation sites is 2. The third-order valence-electron chi connectivity index (χ3n) is 6.07. The molecule has 0 saturated carbocycles. The molecule has 0 radical (unpaired) electrons. The predicted molar refractivity (Wildman–Crippen MR) is 144 cm³/mol. The highest BCUT2D eigenvalue weighted by Gasteiger charge is 2.34. The molecule has 3 rings (SSSR count). The number of anilines is 1. The third-order valence-corrected chi connectivity index (χ3v) is 7.84. The Bertz CT molecular complexity index is 1310. The monoisotopic (exact) mass is 523 g/mol. The van der Waals surface area contributed by atoms with Crippen LogP contribution in [0.5, 0.6) is 5.75 Å². The molecular weight excluding hydrogens is 490 g/mol. The first-order chi connectivity index (χ1) is 17.7. The maximum atomic E-state index is 13.9. The molecule has 0 spiro atoms. The Hall–Kier alpha value is -3.85. The molecule has 1 atom stereocenters. The average Bonchev–Trinajstić information content (AvgIpc) is 2.92. The first kappa shape index (κ1) is 27.7. The molecule has 196 valence electrons. The fourth-order valence-electron chi connectivity index (χ4n) is 4.05. The molecule has 37 heavy (non-hydrogen) atoms. The molecule has 3 aromatic carbocycles. The van der Waals surface area contributed by atoms with Crippen molar-refractivity contribution in [1.29, 1.82) is 0 Å². The molecule has 2 amide bonds. The van der Waals surface area contributed by atoms with Gasteiger partial charge < -0.3 is 15.0 Å². The topological polar surface area (TPSA) is 96.0 Å². The second kappa shape index (κ2) is 12.4. The smallest absolute Gasteiger partial charge is 0.264 e. The van der Waals surface area contributed by atoms with Gasteiger partial charge in [0.2, 0.25) is 11.8 Å². The Balaban J connectivity index is 2.09. The number of benzene rings is 3. The van der Waals surface area contributed by atoms with Crippen molar-refractivity contribution in [3.8, 4) is 5.75 Å². The largest absolute Gasteiger partial charge is 0.495 e. The van der Waals surface area contributed by atoms with E-state index in [1.807, 2.05) is 44.2 Å². The standard InChI is InChI=1S/C28H33N3O5S/c1-5-24(28(33)29-3)30(19-22-11-7-6-8-12-22)27(32)20-31(25-13-9-10-14-26(25)36-4)37(34,35)23-17-15-21(2)16-18-23/h6-18,24H,5,19-20H2,1-4H3,(H,29,33)/t24-/m1/s1. The van der Waals surface area contributed by atoms with E-state index in [0.717, 1.165) is 15.4 Å². The number of ether oxygens (including phenoxy) is 1. The number of rotatable bonds is 11. The van der Waals surface area contributed by atoms with Gasteiger partial charge in [0.15, 0.2) is 0 Å². The van der Waals surface area contributed by atoms with E-state index in [-0.39, 0.29) is 23.0 Å². The van der Waals surface area contributed by atoms with Crippen molar-refractivity contribution in [3.05, 3.63) is 90.0 Å². The molecule has 1 N–H and O–H groups in total. The number of amides is 2. The maximum absolute atomic E-state index is 13.9. The van der Waals surface area contributed by atoms with Crippen LogP contribution >= 0.6 is 0 Å². The number of carbonyl (C=O) groups is 2. The Kier molecular flexibility index (Phi) is 9.30. The number of aryl methyl sites for hydroxylation is 1. The normalized spacial score (nSPS) is 11.9. The average molecular weight is 524 g/mol. The summed E-state index contributed by atoms with van der Waals surface area (Å²) in [6.45, 7) is 3.31. The zero-order valence-corrected chi connectivity index (χ0v) is 22.4. The summed E-state index contributed by atoms with van der Waals surface area (Å²) in [7, 11) is -1.20. The minimum Gasteiger partial charge on any atom is -0.495 e. The van der Waals surface area contributed by atoms with Gasteiger partial charge in [0, 0.05) is 13.6 Å². The van der Waals surface area contributed by atoms with Crippen LogP contribution in [0.4, 0.5) is 5.69 Å². The summed E-state index contributed by atoms with van der Waals surface area (Å²) in [5.41, 5.74) is 1.96. The molecule has 8 nitrogen and oxygen atoms in total. The number of methoxy groups -OCH3 is 1. The van der Waals surface area contributed by atoms with Crippen molar-refractivity contribution in [1.82, 2.24) is 10.2 Å². The molecule has 0 aliphatic rings. The molecule has 0 aliphatic heterocycles. The lowest BCUT2D eigenvalue weighted by atomic mass is 10.1. The predicted octanol–water partition coefficient (Wildman–Crippen LogP) is 3.75. The molecule has 3 aromatic rings. The van der Waals surface area contributed by atoms with Gasteiger partial charge in [-0.3, -0.25) is 13.9 Å². The fourth-order valence-corrected chi connectivity index (χ4v) is 5.48. The van der Waals surface area contributed by atoms with Gasteiger partial charge in [0.25, 0.3) is 10.0 Å². The van der Waals surface area contributed by atoms with Gasteiger partial charge in [-0.15, -0.1) is 0 Å². The molecule has 0 aliphatic carbocycles. The fraction of sp³-hybridized carbons (Fsp3) is 0.286. The molecule has 0 aromatic heterocycles. The maximum Gasteiger partial charge on any atom is 0.264 e. The van der Waals surface area contributed by atoms with Crippen molar-refractivity contribution in [2.75, 3.05) is 25.0 Å². The van der Waals surface area contributed by atoms with E-state index in [4.69, 9.17) is 4.74 Å². The van der Waals surface area contributed by atoms with Gasteiger partial charge in [-0.25, -0.2) is 8.42 Å². The van der Waals surface area contributed by atoms with E-state index in [1.165, 1.54) is 31.2 Å². The minimum absolute atomic E-state index is 0.0461. The van der Waals surface area contributed by atoms with Gasteiger partial charge in [-0.05, 0) is 43.2 Å². The lowest BCUT2D eigenvalue weighted by molar-refractivity contribution is -0.140. The molecule has 0 saturated heterocycles. The second-order valence-corrected chi connectivity index (χ2v) is 10.4. The van der Waals surface area contributed by atoms with Crippen LogP contribution in [-0.4, -0.2) is 51.9 Å². The highest BCUT2D eigenvalue weighted by molar-refractivity contribution is 7.92. The van der Waals surface area contributed by atoms with Crippen molar-refractivity contribution >= 4 is 27.5 Å². The zero-order chi connectivity index (χ0) is 27.0. The Labute approximate surface area is 218 Å². The number of nitrogens with zero attached hydrogens (tertiary/aromatic N) is 2. The quantitative estimate of drug-likeness (QED) is 0.413. The van der Waals surface area contributed by atoms with E-state index in [2.05, 4.69) is 5.32 Å². The van der Waals surface area contributed by atoms with Crippen LogP contribution in [0.2, 0.25) is 0 Å². The van der Waals surface area contributed by atoms with Gasteiger partial charge >= 0.3 is 0 Å². The number of sulfonamides is 1. The van der Waals surface area contributed by atoms with Crippen molar-refractivity contribution in [2.45, 2.75) is 37.8 Å². The van der Waals surface area contributed by atoms with E-state index in [1.54, 1.807) is 36.4 Å². The Morgan fingerprint density at radius 3 is 2.16 bits per heavy atom. The summed E-state index contributed by atoms with van der Waals surface area (Å²) in [6, 6.07) is 21.6. The van der Waals surface area contributed by atoms with Gasteiger partial charge in [0.1, 0.15) is 18.3 Å². The van der Waals surface area contributed by atoms with Crippen LogP contribution in [0.1, 0.15) is 24.5 Å². The Morgan fingerprint density at radius 2 is 1.57 bits per heavy atom. The van der Waals surface area contributed by atoms with Crippen LogP contribution < -0.4 is 14.4 Å². The number of hydrogen-bond donors (Lipinski definition) is 1. The van der Waals surface area contributed by atoms with Gasteiger partial charge in [-0.2, -0.15) is 0 Å². The first-order valence-electron chi connectivity index (χ1n) is 12.0. The highest BCUT2D eigenvalue weighted by Crippen LogP contribution is 2.32. The minimum atomic E-state index is -4.16. The first-order valence-corrected chi connectivity index (χ1v) is 13.4. The van der Waals surface area contributed by atoms with E-state index in [0.29, 0.717) is 12.2 Å². The molecule has 9 heteroatoms. The summed E-state index contributed by atoms with van der Waals surface area (Å²) >= 11 is 0. The third kappa shape index (κ3) is 6.48. The molecule has 0 heterocycles. The number of nitrogens with one attached hydrogen (secondary N) is 1. The second-order valence-electron chi connectivity index (χ2n) is 8.54. The summed E-state index contributed by atoms with van der Waals surface area (Å²) in [4.78, 5) is 28.1. The SMILES string of the molecule is CC[C@H](C(=O)NC)N(Cc1ccccc1)C(=O)CN(c1ccccc1OC)S(=O)(=O)c1ccc(C)cc1. The van der Waals surface area contributed by atoms with E-state index < -0.39 is 28.5 Å². The van der Waals surface area contributed by atoms with Crippen LogP contribution in [0.25, 0.3) is 0 Å². The van der Waals surface area contributed by atoms with Gasteiger partial charge in [-0.1, -0.05) is 67.1 Å². The number of carbonyl (C=O) groups excluding carboxylic acids is 2. The van der Waals surface area contributed by atoms with Crippen LogP contribution in [0.3, 0.4) is 0 Å². The lowest BCUT2D eigenvalue weighted by Gasteiger charge is -2.33. The summed E-state index contributed by atoms with van der Waals surface area (Å²) in [6.07, 6.45) is 0.359. The number of likely N-dealkylation sites (N-methyl/N-ethyl adjacent to an activating group) is 1. The van der Waals surface area contributed by atoms with E-state index in [9.17, 15) is 18.0 Å². The van der Waals surface area contributed by atoms with E-state index >= 15 is 0 Å². The van der Waals surface area contributed by atoms with Gasteiger partial charge in [0.05, 0.1) is 17.7 Å².